The van der Waals surface area contributed by atoms with E-state index in [9.17, 15) is 0 Å². The molecule has 0 unspecified atom stereocenters. The lowest BCUT2D eigenvalue weighted by Crippen LogP contribution is -2.20. The average Bonchev–Trinajstić information content (AvgIpc) is 2.27. The van der Waals surface area contributed by atoms with Crippen molar-refractivity contribution in [2.24, 2.45) is 5.92 Å². The van der Waals surface area contributed by atoms with Gasteiger partial charge in [0.05, 0.1) is 6.61 Å². The number of nitrogens with one attached hydrogen (secondary N) is 1. The second-order valence-electron chi connectivity index (χ2n) is 4.95. The average molecular weight is 233 g/mol. The second kappa shape index (κ2) is 6.06. The Kier molecular flexibility index (Phi) is 4.43. The largest absolute Gasteiger partial charge is 0.493 e. The predicted molar refractivity (Wildman–Crippen MR) is 71.4 cm³/mol. The maximum atomic E-state index is 6.03. The zero-order valence-electron chi connectivity index (χ0n) is 11.0. The molecule has 1 aliphatic carbocycles. The molecule has 0 aromatic heterocycles. The van der Waals surface area contributed by atoms with Gasteiger partial charge in [-0.1, -0.05) is 31.5 Å². The normalized spacial score (nSPS) is 15.6. The molecular weight excluding hydrogens is 210 g/mol. The van der Waals surface area contributed by atoms with Crippen LogP contribution in [0.3, 0.4) is 0 Å². The SMILES string of the molecule is CCNCc1cccc(C)c1OCC1CCC1. The fourth-order valence-corrected chi connectivity index (χ4v) is 2.18. The first-order valence-corrected chi connectivity index (χ1v) is 6.73. The van der Waals surface area contributed by atoms with Crippen LogP contribution in [0.5, 0.6) is 5.75 Å². The summed E-state index contributed by atoms with van der Waals surface area (Å²) >= 11 is 0. The Morgan fingerprint density at radius 3 is 2.82 bits per heavy atom. The van der Waals surface area contributed by atoms with Crippen molar-refractivity contribution in [1.82, 2.24) is 5.32 Å². The van der Waals surface area contributed by atoms with Crippen LogP contribution in [-0.2, 0) is 6.54 Å². The maximum Gasteiger partial charge on any atom is 0.126 e. The van der Waals surface area contributed by atoms with Crippen molar-refractivity contribution in [3.05, 3.63) is 29.3 Å². The van der Waals surface area contributed by atoms with Crippen LogP contribution in [0.15, 0.2) is 18.2 Å². The number of aryl methyl sites for hydroxylation is 1. The molecule has 1 N–H and O–H groups in total. The molecule has 1 fully saturated rings. The van der Waals surface area contributed by atoms with E-state index in [0.29, 0.717) is 0 Å². The maximum absolute atomic E-state index is 6.03. The lowest BCUT2D eigenvalue weighted by atomic mass is 9.86. The molecule has 0 spiro atoms. The topological polar surface area (TPSA) is 21.3 Å². The lowest BCUT2D eigenvalue weighted by Gasteiger charge is -2.26. The van der Waals surface area contributed by atoms with Gasteiger partial charge >= 0.3 is 0 Å². The highest BCUT2D eigenvalue weighted by atomic mass is 16.5. The van der Waals surface area contributed by atoms with E-state index in [1.54, 1.807) is 0 Å². The van der Waals surface area contributed by atoms with Gasteiger partial charge < -0.3 is 10.1 Å². The third-order valence-electron chi connectivity index (χ3n) is 3.55. The summed E-state index contributed by atoms with van der Waals surface area (Å²) in [6.45, 7) is 7.05. The van der Waals surface area contributed by atoms with Crippen molar-refractivity contribution < 1.29 is 4.74 Å². The molecule has 0 radical (unpaired) electrons. The van der Waals surface area contributed by atoms with E-state index in [2.05, 4.69) is 37.4 Å². The van der Waals surface area contributed by atoms with Crippen LogP contribution < -0.4 is 10.1 Å². The Labute approximate surface area is 104 Å². The highest BCUT2D eigenvalue weighted by molar-refractivity contribution is 5.40. The highest BCUT2D eigenvalue weighted by Crippen LogP contribution is 2.29. The van der Waals surface area contributed by atoms with Gasteiger partial charge in [0.15, 0.2) is 0 Å². The minimum atomic E-state index is 0.793. The van der Waals surface area contributed by atoms with Gasteiger partial charge in [0.25, 0.3) is 0 Å². The van der Waals surface area contributed by atoms with Crippen molar-refractivity contribution in [1.29, 1.82) is 0 Å². The molecule has 94 valence electrons. The summed E-state index contributed by atoms with van der Waals surface area (Å²) in [6, 6.07) is 6.40. The number of benzene rings is 1. The molecule has 0 bridgehead atoms. The molecule has 1 saturated carbocycles. The number of para-hydroxylation sites is 1. The Morgan fingerprint density at radius 2 is 2.18 bits per heavy atom. The summed E-state index contributed by atoms with van der Waals surface area (Å²) in [5, 5.41) is 3.37. The molecule has 2 rings (SSSR count). The Morgan fingerprint density at radius 1 is 1.35 bits per heavy atom. The Hall–Kier alpha value is -1.02. The standard InChI is InChI=1S/C15H23NO/c1-3-16-10-14-9-4-6-12(2)15(14)17-11-13-7-5-8-13/h4,6,9,13,16H,3,5,7-8,10-11H2,1-2H3. The highest BCUT2D eigenvalue weighted by Gasteiger charge is 2.18. The van der Waals surface area contributed by atoms with Gasteiger partial charge in [-0.3, -0.25) is 0 Å². The molecule has 2 heteroatoms. The van der Waals surface area contributed by atoms with Crippen molar-refractivity contribution in [3.63, 3.8) is 0 Å². The molecule has 0 amide bonds. The van der Waals surface area contributed by atoms with E-state index in [1.165, 1.54) is 30.4 Å². The fourth-order valence-electron chi connectivity index (χ4n) is 2.18. The van der Waals surface area contributed by atoms with Crippen LogP contribution in [-0.4, -0.2) is 13.2 Å². The summed E-state index contributed by atoms with van der Waals surface area (Å²) < 4.78 is 6.03. The van der Waals surface area contributed by atoms with E-state index in [4.69, 9.17) is 4.74 Å². The molecule has 0 aliphatic heterocycles. The first-order chi connectivity index (χ1) is 8.31. The molecule has 1 aliphatic rings. The van der Waals surface area contributed by atoms with Gasteiger partial charge in [-0.15, -0.1) is 0 Å². The molecule has 0 saturated heterocycles. The van der Waals surface area contributed by atoms with Crippen LogP contribution in [0.4, 0.5) is 0 Å². The van der Waals surface area contributed by atoms with Crippen LogP contribution in [0.2, 0.25) is 0 Å². The zero-order chi connectivity index (χ0) is 12.1. The third kappa shape index (κ3) is 3.22. The van der Waals surface area contributed by atoms with Crippen molar-refractivity contribution in [2.75, 3.05) is 13.2 Å². The summed E-state index contributed by atoms with van der Waals surface area (Å²) in [6.07, 6.45) is 4.06. The summed E-state index contributed by atoms with van der Waals surface area (Å²) in [4.78, 5) is 0. The molecule has 0 heterocycles. The molecule has 0 atom stereocenters. The monoisotopic (exact) mass is 233 g/mol. The zero-order valence-corrected chi connectivity index (χ0v) is 11.0. The van der Waals surface area contributed by atoms with Crippen molar-refractivity contribution in [3.8, 4) is 5.75 Å². The van der Waals surface area contributed by atoms with Gasteiger partial charge in [-0.05, 0) is 37.8 Å². The van der Waals surface area contributed by atoms with E-state index >= 15 is 0 Å². The van der Waals surface area contributed by atoms with Crippen LogP contribution in [0.25, 0.3) is 0 Å². The Bertz CT molecular complexity index is 358. The first-order valence-electron chi connectivity index (χ1n) is 6.73. The number of hydrogen-bond donors (Lipinski definition) is 1. The molecule has 1 aromatic carbocycles. The van der Waals surface area contributed by atoms with Gasteiger partial charge in [0.1, 0.15) is 5.75 Å². The third-order valence-corrected chi connectivity index (χ3v) is 3.55. The minimum absolute atomic E-state index is 0.793. The van der Waals surface area contributed by atoms with E-state index in [-0.39, 0.29) is 0 Å². The van der Waals surface area contributed by atoms with Crippen LogP contribution in [0, 0.1) is 12.8 Å². The van der Waals surface area contributed by atoms with Crippen molar-refractivity contribution in [2.45, 2.75) is 39.7 Å². The molecule has 1 aromatic rings. The van der Waals surface area contributed by atoms with Crippen molar-refractivity contribution >= 4 is 0 Å². The lowest BCUT2D eigenvalue weighted by molar-refractivity contribution is 0.178. The molecule has 2 nitrogen and oxygen atoms in total. The van der Waals surface area contributed by atoms with E-state index in [0.717, 1.165) is 31.4 Å². The van der Waals surface area contributed by atoms with Gasteiger partial charge in [0, 0.05) is 12.1 Å². The van der Waals surface area contributed by atoms with E-state index in [1.807, 2.05) is 0 Å². The predicted octanol–water partition coefficient (Wildman–Crippen LogP) is 3.28. The quantitative estimate of drug-likeness (QED) is 0.814. The summed E-state index contributed by atoms with van der Waals surface area (Å²) in [7, 11) is 0. The number of rotatable bonds is 6. The number of ether oxygens (including phenoxy) is 1. The van der Waals surface area contributed by atoms with E-state index < -0.39 is 0 Å². The van der Waals surface area contributed by atoms with Gasteiger partial charge in [0.2, 0.25) is 0 Å². The second-order valence-corrected chi connectivity index (χ2v) is 4.95. The summed E-state index contributed by atoms with van der Waals surface area (Å²) in [5.41, 5.74) is 2.53. The Balaban J connectivity index is 2.00. The number of hydrogen-bond acceptors (Lipinski definition) is 2. The van der Waals surface area contributed by atoms with Gasteiger partial charge in [-0.2, -0.15) is 0 Å². The van der Waals surface area contributed by atoms with Gasteiger partial charge in [-0.25, -0.2) is 0 Å². The smallest absolute Gasteiger partial charge is 0.126 e. The molecular formula is C15H23NO. The fraction of sp³-hybridized carbons (Fsp3) is 0.600. The molecule has 17 heavy (non-hydrogen) atoms. The first kappa shape index (κ1) is 12.4. The summed E-state index contributed by atoms with van der Waals surface area (Å²) in [5.74, 6) is 1.89. The van der Waals surface area contributed by atoms with Crippen LogP contribution in [0.1, 0.15) is 37.3 Å². The minimum Gasteiger partial charge on any atom is -0.493 e. The van der Waals surface area contributed by atoms with Crippen LogP contribution >= 0.6 is 0 Å².